The van der Waals surface area contributed by atoms with Crippen LogP contribution < -0.4 is 32.3 Å². The van der Waals surface area contributed by atoms with Gasteiger partial charge in [0.1, 0.15) is 12.1 Å². The smallest absolute Gasteiger partial charge is 0.319 e. The number of carbonyl (C=O) groups is 4. The van der Waals surface area contributed by atoms with E-state index in [0.29, 0.717) is 41.7 Å². The lowest BCUT2D eigenvalue weighted by Gasteiger charge is -2.32. The molecule has 2 atom stereocenters. The third-order valence-electron chi connectivity index (χ3n) is 12.1. The van der Waals surface area contributed by atoms with E-state index < -0.39 is 42.5 Å². The van der Waals surface area contributed by atoms with Gasteiger partial charge in [0.2, 0.25) is 17.7 Å². The molecule has 0 radical (unpaired) electrons. The van der Waals surface area contributed by atoms with E-state index in [9.17, 15) is 19.2 Å². The average molecular weight is 945 g/mol. The number of nitrogens with zero attached hydrogens (tertiary/aromatic N) is 3. The second-order valence-corrected chi connectivity index (χ2v) is 17.8. The van der Waals surface area contributed by atoms with Crippen LogP contribution in [-0.4, -0.2) is 96.5 Å². The highest BCUT2D eigenvalue weighted by molar-refractivity contribution is 6.36. The van der Waals surface area contributed by atoms with Crippen molar-refractivity contribution in [2.45, 2.75) is 56.9 Å². The number of benzene rings is 5. The number of halogens is 2. The molecule has 5 amide bonds. The maximum atomic E-state index is 14.3. The maximum absolute atomic E-state index is 14.3. The van der Waals surface area contributed by atoms with Crippen LogP contribution in [0, 0.1) is 0 Å². The molecule has 0 spiro atoms. The Hall–Kier alpha value is -6.22. The van der Waals surface area contributed by atoms with Gasteiger partial charge in [-0.1, -0.05) is 120 Å². The zero-order valence-corrected chi connectivity index (χ0v) is 39.2. The number of hydrogen-bond acceptors (Lipinski definition) is 7. The number of nitrogens with one attached hydrogen (secondary N) is 5. The minimum Gasteiger partial charge on any atom is -0.343 e. The number of urea groups is 1. The summed E-state index contributed by atoms with van der Waals surface area (Å²) in [4.78, 5) is 60.0. The van der Waals surface area contributed by atoms with E-state index in [2.05, 4.69) is 54.2 Å². The number of aromatic nitrogens is 1. The molecule has 350 valence electrons. The second-order valence-electron chi connectivity index (χ2n) is 17.0. The summed E-state index contributed by atoms with van der Waals surface area (Å²) in [5.74, 6) is -1.47. The zero-order chi connectivity index (χ0) is 47.1. The molecule has 7 rings (SSSR count). The predicted molar refractivity (Wildman–Crippen MR) is 267 cm³/mol. The SMILES string of the molecule is CN1CCN(Cc2cn(Cc3c(Cl)cccc3Cl)c3ccc(NC(=O)NCC(=O)N[C@@H](CCCCN)C(=O)N[C@@H](Cc4ccccc4)C(=O)NC(c4ccccc4)c4ccccc4)cc23)CC1. The van der Waals surface area contributed by atoms with Gasteiger partial charge in [-0.2, -0.15) is 0 Å². The quantitative estimate of drug-likeness (QED) is 0.0444. The van der Waals surface area contributed by atoms with Gasteiger partial charge in [0.15, 0.2) is 0 Å². The molecular formula is C52H59Cl2N9O4. The van der Waals surface area contributed by atoms with Crippen molar-refractivity contribution in [2.24, 2.45) is 5.73 Å². The standard InChI is InChI=1S/C52H59Cl2N9O4/c1-61-26-28-62(29-27-61)33-39-34-63(35-42-43(53)20-13-21-44(42)54)47-24-23-40(31-41(39)47)57-52(67)56-32-48(64)58-45(22-11-12-25-55)50(65)59-46(30-36-14-5-2-6-15-36)51(66)60-49(37-16-7-3-8-17-37)38-18-9-4-10-19-38/h2-10,13-21,23-24,31,34,45-46,49H,11-12,22,25-30,32-33,35,55H2,1H3,(H,58,64)(H,59,65)(H,60,66)(H2,56,57,67)/t45-,46-/m0/s1. The summed E-state index contributed by atoms with van der Waals surface area (Å²) in [5.41, 5.74) is 11.8. The lowest BCUT2D eigenvalue weighted by Crippen LogP contribution is -2.55. The van der Waals surface area contributed by atoms with Gasteiger partial charge >= 0.3 is 6.03 Å². The number of likely N-dealkylation sites (N-methyl/N-ethyl adjacent to an activating group) is 1. The van der Waals surface area contributed by atoms with Crippen LogP contribution in [0.15, 0.2) is 134 Å². The molecule has 0 bridgehead atoms. The Morgan fingerprint density at radius 1 is 0.687 bits per heavy atom. The van der Waals surface area contributed by atoms with Gasteiger partial charge in [-0.15, -0.1) is 0 Å². The predicted octanol–water partition coefficient (Wildman–Crippen LogP) is 7.11. The number of anilines is 1. The van der Waals surface area contributed by atoms with Crippen molar-refractivity contribution in [2.75, 3.05) is 51.6 Å². The van der Waals surface area contributed by atoms with Gasteiger partial charge in [-0.3, -0.25) is 19.3 Å². The highest BCUT2D eigenvalue weighted by Crippen LogP contribution is 2.31. The molecule has 2 heterocycles. The molecule has 5 aromatic carbocycles. The first-order chi connectivity index (χ1) is 32.5. The van der Waals surface area contributed by atoms with Crippen LogP contribution in [0.3, 0.4) is 0 Å². The highest BCUT2D eigenvalue weighted by Gasteiger charge is 2.29. The van der Waals surface area contributed by atoms with E-state index in [0.717, 1.165) is 71.4 Å². The van der Waals surface area contributed by atoms with Crippen LogP contribution in [-0.2, 0) is 33.9 Å². The molecule has 6 aromatic rings. The summed E-state index contributed by atoms with van der Waals surface area (Å²) in [6.07, 6.45) is 3.79. The lowest BCUT2D eigenvalue weighted by atomic mass is 9.97. The van der Waals surface area contributed by atoms with E-state index in [1.165, 1.54) is 0 Å². The van der Waals surface area contributed by atoms with Crippen LogP contribution in [0.4, 0.5) is 10.5 Å². The number of nitrogens with two attached hydrogens (primary N) is 1. The topological polar surface area (TPSA) is 166 Å². The number of rotatable bonds is 20. The molecular weight excluding hydrogens is 886 g/mol. The molecule has 1 aromatic heterocycles. The average Bonchev–Trinajstić information content (AvgIpc) is 3.67. The molecule has 67 heavy (non-hydrogen) atoms. The van der Waals surface area contributed by atoms with Gasteiger partial charge in [0.25, 0.3) is 0 Å². The summed E-state index contributed by atoms with van der Waals surface area (Å²) < 4.78 is 2.13. The largest absolute Gasteiger partial charge is 0.343 e. The number of piperazine rings is 1. The Balaban J connectivity index is 1.02. The third kappa shape index (κ3) is 13.7. The fraction of sp³-hybridized carbons (Fsp3) is 0.308. The number of amides is 5. The molecule has 0 aliphatic carbocycles. The molecule has 15 heteroatoms. The normalized spacial score (nSPS) is 14.0. The summed E-state index contributed by atoms with van der Waals surface area (Å²) >= 11 is 13.2. The minimum atomic E-state index is -1.00. The van der Waals surface area contributed by atoms with Crippen LogP contribution in [0.25, 0.3) is 10.9 Å². The van der Waals surface area contributed by atoms with Crippen molar-refractivity contribution in [1.82, 2.24) is 35.6 Å². The van der Waals surface area contributed by atoms with Crippen LogP contribution in [0.2, 0.25) is 10.0 Å². The van der Waals surface area contributed by atoms with Gasteiger partial charge in [-0.05, 0) is 85.4 Å². The summed E-state index contributed by atoms with van der Waals surface area (Å²) in [6, 6.07) is 36.9. The van der Waals surface area contributed by atoms with Gasteiger partial charge in [-0.25, -0.2) is 4.79 Å². The van der Waals surface area contributed by atoms with Crippen molar-refractivity contribution < 1.29 is 19.2 Å². The second kappa shape index (κ2) is 24.0. The Labute approximate surface area is 402 Å². The molecule has 1 saturated heterocycles. The minimum absolute atomic E-state index is 0.212. The number of carbonyl (C=O) groups excluding carboxylic acids is 4. The number of fused-ring (bicyclic) bond motifs is 1. The molecule has 13 nitrogen and oxygen atoms in total. The Morgan fingerprint density at radius 2 is 1.31 bits per heavy atom. The van der Waals surface area contributed by atoms with Crippen molar-refractivity contribution >= 4 is 63.5 Å². The van der Waals surface area contributed by atoms with Crippen molar-refractivity contribution in [3.8, 4) is 0 Å². The van der Waals surface area contributed by atoms with Crippen molar-refractivity contribution in [3.05, 3.63) is 171 Å². The Morgan fingerprint density at radius 3 is 1.96 bits per heavy atom. The summed E-state index contributed by atoms with van der Waals surface area (Å²) in [5, 5.41) is 16.6. The van der Waals surface area contributed by atoms with E-state index in [1.54, 1.807) is 0 Å². The number of unbranched alkanes of at least 4 members (excludes halogenated alkanes) is 1. The third-order valence-corrected chi connectivity index (χ3v) is 12.8. The van der Waals surface area contributed by atoms with Crippen molar-refractivity contribution in [3.63, 3.8) is 0 Å². The van der Waals surface area contributed by atoms with E-state index in [1.807, 2.05) is 127 Å². The molecule has 0 saturated carbocycles. The van der Waals surface area contributed by atoms with Gasteiger partial charge < -0.3 is 41.8 Å². The van der Waals surface area contributed by atoms with Crippen LogP contribution in [0.5, 0.6) is 0 Å². The molecule has 1 aliphatic rings. The van der Waals surface area contributed by atoms with E-state index in [4.69, 9.17) is 28.9 Å². The number of hydrogen-bond donors (Lipinski definition) is 6. The molecule has 1 aliphatic heterocycles. The first-order valence-electron chi connectivity index (χ1n) is 22.8. The maximum Gasteiger partial charge on any atom is 0.319 e. The molecule has 1 fully saturated rings. The van der Waals surface area contributed by atoms with E-state index >= 15 is 0 Å². The van der Waals surface area contributed by atoms with Crippen LogP contribution >= 0.6 is 23.2 Å². The zero-order valence-electron chi connectivity index (χ0n) is 37.7. The first kappa shape index (κ1) is 48.7. The fourth-order valence-corrected chi connectivity index (χ4v) is 8.89. The van der Waals surface area contributed by atoms with Gasteiger partial charge in [0, 0.05) is 77.5 Å². The molecule has 7 N–H and O–H groups in total. The summed E-state index contributed by atoms with van der Waals surface area (Å²) in [6.45, 7) is 5.03. The molecule has 0 unspecified atom stereocenters. The van der Waals surface area contributed by atoms with Gasteiger partial charge in [0.05, 0.1) is 19.1 Å². The lowest BCUT2D eigenvalue weighted by molar-refractivity contribution is -0.132. The summed E-state index contributed by atoms with van der Waals surface area (Å²) in [7, 11) is 2.13. The van der Waals surface area contributed by atoms with Crippen LogP contribution in [0.1, 0.15) is 53.1 Å². The first-order valence-corrected chi connectivity index (χ1v) is 23.5. The highest BCUT2D eigenvalue weighted by atomic mass is 35.5. The van der Waals surface area contributed by atoms with Crippen molar-refractivity contribution in [1.29, 1.82) is 0 Å². The Kier molecular flexibility index (Phi) is 17.4. The monoisotopic (exact) mass is 943 g/mol. The Bertz CT molecular complexity index is 2530. The fourth-order valence-electron chi connectivity index (χ4n) is 8.37. The van der Waals surface area contributed by atoms with E-state index in [-0.39, 0.29) is 18.7 Å².